The van der Waals surface area contributed by atoms with E-state index in [1.54, 1.807) is 19.2 Å². The van der Waals surface area contributed by atoms with Gasteiger partial charge in [-0.15, -0.1) is 0 Å². The molecule has 0 bridgehead atoms. The highest BCUT2D eigenvalue weighted by atomic mass is 32.2. The summed E-state index contributed by atoms with van der Waals surface area (Å²) < 4.78 is 11.6. The van der Waals surface area contributed by atoms with E-state index in [0.29, 0.717) is 18.2 Å². The highest BCUT2D eigenvalue weighted by Gasteiger charge is 2.30. The van der Waals surface area contributed by atoms with Gasteiger partial charge in [0.05, 0.1) is 12.0 Å². The maximum absolute atomic E-state index is 11.2. The van der Waals surface area contributed by atoms with E-state index in [-0.39, 0.29) is 22.8 Å². The van der Waals surface area contributed by atoms with Crippen molar-refractivity contribution in [2.45, 2.75) is 60.9 Å². The van der Waals surface area contributed by atoms with Gasteiger partial charge in [-0.05, 0) is 29.9 Å². The highest BCUT2D eigenvalue weighted by Crippen LogP contribution is 2.28. The molecule has 0 N–H and O–H groups in total. The van der Waals surface area contributed by atoms with Crippen molar-refractivity contribution < 1.29 is 10.3 Å². The predicted molar refractivity (Wildman–Crippen MR) is 122 cm³/mol. The first-order valence-corrected chi connectivity index (χ1v) is 9.96. The molecule has 0 saturated heterocycles. The zero-order chi connectivity index (χ0) is 22.4. The minimum Gasteiger partial charge on any atom is -0.427 e. The van der Waals surface area contributed by atoms with Crippen molar-refractivity contribution in [3.63, 3.8) is 0 Å². The highest BCUT2D eigenvalue weighted by molar-refractivity contribution is 7.94. The lowest BCUT2D eigenvalue weighted by Crippen LogP contribution is -2.42. The van der Waals surface area contributed by atoms with Crippen molar-refractivity contribution >= 4 is 24.0 Å². The molecule has 0 spiro atoms. The third kappa shape index (κ3) is 16.4. The van der Waals surface area contributed by atoms with Crippen molar-refractivity contribution in [3.05, 3.63) is 36.8 Å². The van der Waals surface area contributed by atoms with Gasteiger partial charge in [0.15, 0.2) is 5.78 Å². The number of hydrogen-bond donors (Lipinski definition) is 0. The molecule has 1 heterocycles. The van der Waals surface area contributed by atoms with Crippen LogP contribution in [0.5, 0.6) is 0 Å². The molecule has 0 amide bonds. The number of carbonyl (C=O) groups excluding carboxylic acids is 1. The first kappa shape index (κ1) is 25.5. The molecule has 1 rings (SSSR count). The zero-order valence-electron chi connectivity index (χ0n) is 19.7. The summed E-state index contributed by atoms with van der Waals surface area (Å²) in [6.45, 7) is 18.3. The lowest BCUT2D eigenvalue weighted by Gasteiger charge is -2.38. The Morgan fingerprint density at radius 3 is 2.33 bits per heavy atom. The largest absolute Gasteiger partial charge is 0.427 e. The molecule has 27 heavy (non-hydrogen) atoms. The number of carbonyl (C=O) groups is 1. The van der Waals surface area contributed by atoms with E-state index in [1.807, 2.05) is 32.5 Å². The maximum Gasteiger partial charge on any atom is 0.159 e. The molecule has 0 aromatic carbocycles. The van der Waals surface area contributed by atoms with E-state index < -0.39 is 0 Å². The molecule has 1 aliphatic heterocycles. The Labute approximate surface area is 173 Å². The molecule has 0 aromatic heterocycles. The first-order valence-electron chi connectivity index (χ1n) is 9.75. The Kier molecular flexibility index (Phi) is 12.9. The fraction of sp³-hybridized carbons (Fsp3) is 0.636. The number of aliphatic imine (C=N–C) groups is 1. The maximum atomic E-state index is 11.2. The summed E-state index contributed by atoms with van der Waals surface area (Å²) in [5.74, 6) is 0.836. The van der Waals surface area contributed by atoms with Gasteiger partial charge in [-0.3, -0.25) is 4.79 Å². The lowest BCUT2D eigenvalue weighted by molar-refractivity contribution is -0.117. The number of allylic oxidation sites excluding steroid dienone is 3. The van der Waals surface area contributed by atoms with Gasteiger partial charge in [-0.1, -0.05) is 54.2 Å². The Bertz CT molecular complexity index is 544. The van der Waals surface area contributed by atoms with Crippen LogP contribution in [0.3, 0.4) is 0 Å². The molecule has 1 atom stereocenters. The van der Waals surface area contributed by atoms with Gasteiger partial charge in [-0.25, -0.2) is 0 Å². The molecule has 0 aromatic rings. The minimum atomic E-state index is 0.176. The fourth-order valence-electron chi connectivity index (χ4n) is 2.30. The van der Waals surface area contributed by atoms with Gasteiger partial charge in [-0.2, -0.15) is 0 Å². The smallest absolute Gasteiger partial charge is 0.159 e. The summed E-state index contributed by atoms with van der Waals surface area (Å²) in [6, 6.07) is 0.343. The van der Waals surface area contributed by atoms with Crippen LogP contribution in [-0.2, 0) is 8.98 Å². The van der Waals surface area contributed by atoms with Crippen LogP contribution in [0.1, 0.15) is 56.3 Å². The van der Waals surface area contributed by atoms with Gasteiger partial charge in [0.1, 0.15) is 5.76 Å². The molecule has 0 fully saturated rings. The average Bonchev–Trinajstić information content (AvgIpc) is 2.54. The third-order valence-corrected chi connectivity index (χ3v) is 3.75. The quantitative estimate of drug-likeness (QED) is 0.256. The van der Waals surface area contributed by atoms with Crippen molar-refractivity contribution in [1.29, 1.82) is 0 Å². The van der Waals surface area contributed by atoms with Gasteiger partial charge in [0, 0.05) is 46.6 Å². The van der Waals surface area contributed by atoms with E-state index in [9.17, 15) is 4.79 Å². The zero-order valence-corrected chi connectivity index (χ0v) is 19.5. The summed E-state index contributed by atoms with van der Waals surface area (Å²) in [4.78, 5) is 17.2. The second-order valence-corrected chi connectivity index (χ2v) is 8.86. The molecule has 0 aliphatic carbocycles. The SMILES string of the molecule is CN1C=CC(=O)CC1C(C)(C)C.CN=CC(C)(C)C.[3H]CSOC(=C)/C=C/C. The molecule has 5 heteroatoms. The summed E-state index contributed by atoms with van der Waals surface area (Å²) >= 11 is 1.07. The van der Waals surface area contributed by atoms with Gasteiger partial charge in [0.25, 0.3) is 0 Å². The van der Waals surface area contributed by atoms with E-state index in [2.05, 4.69) is 58.0 Å². The summed E-state index contributed by atoms with van der Waals surface area (Å²) in [7, 11) is 3.82. The molecule has 0 radical (unpaired) electrons. The van der Waals surface area contributed by atoms with E-state index in [4.69, 9.17) is 5.55 Å². The van der Waals surface area contributed by atoms with Crippen LogP contribution in [0.15, 0.2) is 41.8 Å². The van der Waals surface area contributed by atoms with Crippen LogP contribution in [0.25, 0.3) is 0 Å². The molecular weight excluding hydrogens is 356 g/mol. The lowest BCUT2D eigenvalue weighted by atomic mass is 9.82. The van der Waals surface area contributed by atoms with Crippen molar-refractivity contribution in [2.24, 2.45) is 15.8 Å². The van der Waals surface area contributed by atoms with E-state index in [0.717, 1.165) is 12.0 Å². The minimum absolute atomic E-state index is 0.176. The number of nitrogens with zero attached hydrogens (tertiary/aromatic N) is 2. The summed E-state index contributed by atoms with van der Waals surface area (Å²) in [6.07, 6.45) is 9.92. The van der Waals surface area contributed by atoms with Crippen molar-refractivity contribution in [3.8, 4) is 0 Å². The second-order valence-electron chi connectivity index (χ2n) is 8.45. The number of rotatable bonds is 3. The molecule has 4 nitrogen and oxygen atoms in total. The second kappa shape index (κ2) is 13.6. The summed E-state index contributed by atoms with van der Waals surface area (Å²) in [5.41, 5.74) is 0.434. The van der Waals surface area contributed by atoms with Crippen LogP contribution in [-0.4, -0.2) is 43.3 Å². The van der Waals surface area contributed by atoms with Crippen LogP contribution >= 0.6 is 12.0 Å². The Hall–Kier alpha value is -1.49. The fourth-order valence-corrected chi connectivity index (χ4v) is 2.51. The standard InChI is InChI=1S/C10H17NO.C6H13N.C6H10OS/c1-10(2,3)9-7-8(12)5-6-11(9)4;1-6(2,3)5-7-4;1-4-5-6(2)7-8-3/h5-6,9H,7H2,1-4H3;5H,1-4H3;4-5H,2H2,1,3H3/b;;5-4+/i;;3T. The van der Waals surface area contributed by atoms with Gasteiger partial charge >= 0.3 is 0 Å². The topological polar surface area (TPSA) is 41.9 Å². The normalized spacial score (nSPS) is 17.8. The summed E-state index contributed by atoms with van der Waals surface area (Å²) in [5, 5.41) is 0. The first-order chi connectivity index (χ1) is 12.8. The third-order valence-electron chi connectivity index (χ3n) is 3.42. The van der Waals surface area contributed by atoms with E-state index >= 15 is 0 Å². The number of hydrogen-bond acceptors (Lipinski definition) is 5. The van der Waals surface area contributed by atoms with Crippen LogP contribution in [0.2, 0.25) is 0 Å². The Balaban J connectivity index is 0. The average molecular weight is 399 g/mol. The monoisotopic (exact) mass is 398 g/mol. The molecular formula is C22H40N2O2S. The molecule has 156 valence electrons. The van der Waals surface area contributed by atoms with Crippen LogP contribution < -0.4 is 0 Å². The van der Waals surface area contributed by atoms with Gasteiger partial charge in [0.2, 0.25) is 0 Å². The van der Waals surface area contributed by atoms with E-state index in [1.165, 1.54) is 0 Å². The molecule has 1 unspecified atom stereocenters. The van der Waals surface area contributed by atoms with Gasteiger partial charge < -0.3 is 14.1 Å². The van der Waals surface area contributed by atoms with Crippen LogP contribution in [0, 0.1) is 10.8 Å². The predicted octanol–water partition coefficient (Wildman–Crippen LogP) is 5.92. The Morgan fingerprint density at radius 1 is 1.41 bits per heavy atom. The van der Waals surface area contributed by atoms with Crippen molar-refractivity contribution in [1.82, 2.24) is 4.90 Å². The number of ketones is 1. The Morgan fingerprint density at radius 2 is 2.00 bits per heavy atom. The van der Waals surface area contributed by atoms with Crippen LogP contribution in [0.4, 0.5) is 0 Å². The van der Waals surface area contributed by atoms with Crippen molar-refractivity contribution in [2.75, 3.05) is 20.3 Å². The molecule has 1 aliphatic rings. The molecule has 0 saturated carbocycles.